The first-order valence-electron chi connectivity index (χ1n) is 10.9. The molecule has 2 atom stereocenters. The maximum absolute atomic E-state index is 13.5. The van der Waals surface area contributed by atoms with Gasteiger partial charge in [0.15, 0.2) is 0 Å². The third-order valence-electron chi connectivity index (χ3n) is 6.45. The van der Waals surface area contributed by atoms with Gasteiger partial charge >= 0.3 is 0 Å². The van der Waals surface area contributed by atoms with Crippen molar-refractivity contribution in [1.82, 2.24) is 0 Å². The van der Waals surface area contributed by atoms with E-state index < -0.39 is 0 Å². The summed E-state index contributed by atoms with van der Waals surface area (Å²) in [4.78, 5) is 29.4. The van der Waals surface area contributed by atoms with Gasteiger partial charge in [-0.1, -0.05) is 29.8 Å². The van der Waals surface area contributed by atoms with Crippen molar-refractivity contribution < 1.29 is 9.59 Å². The van der Waals surface area contributed by atoms with E-state index >= 15 is 0 Å². The van der Waals surface area contributed by atoms with Crippen LogP contribution in [0.1, 0.15) is 46.9 Å². The molecule has 0 radical (unpaired) electrons. The number of rotatable bonds is 4. The molecule has 31 heavy (non-hydrogen) atoms. The van der Waals surface area contributed by atoms with Crippen LogP contribution in [0.2, 0.25) is 0 Å². The molecule has 2 heterocycles. The summed E-state index contributed by atoms with van der Waals surface area (Å²) in [6.07, 6.45) is 4.32. The minimum Gasteiger partial charge on any atom is -0.326 e. The molecule has 4 nitrogen and oxygen atoms in total. The van der Waals surface area contributed by atoms with Crippen LogP contribution in [-0.4, -0.2) is 11.8 Å². The van der Waals surface area contributed by atoms with Crippen LogP contribution in [0.15, 0.2) is 60.0 Å². The maximum Gasteiger partial charge on any atom is 0.229 e. The maximum atomic E-state index is 13.5. The molecule has 2 aliphatic rings. The SMILES string of the molecule is Cc1ccc(N2C(=O)CC[C@@H](C(=O)Nc3ccc4c(c3)CCC4)[C@@H]2c2cccs2)cc1. The van der Waals surface area contributed by atoms with Crippen molar-refractivity contribution in [3.8, 4) is 0 Å². The molecule has 0 saturated carbocycles. The van der Waals surface area contributed by atoms with E-state index in [0.29, 0.717) is 12.8 Å². The Morgan fingerprint density at radius 1 is 1.03 bits per heavy atom. The molecule has 1 N–H and O–H groups in total. The van der Waals surface area contributed by atoms with Crippen LogP contribution >= 0.6 is 11.3 Å². The molecule has 1 aliphatic heterocycles. The van der Waals surface area contributed by atoms with Gasteiger partial charge in [0.1, 0.15) is 0 Å². The molecule has 1 saturated heterocycles. The Morgan fingerprint density at radius 3 is 2.61 bits per heavy atom. The van der Waals surface area contributed by atoms with E-state index in [4.69, 9.17) is 0 Å². The van der Waals surface area contributed by atoms with Crippen molar-refractivity contribution in [2.75, 3.05) is 10.2 Å². The van der Waals surface area contributed by atoms with Gasteiger partial charge in [-0.05, 0) is 79.4 Å². The van der Waals surface area contributed by atoms with Crippen LogP contribution in [0.3, 0.4) is 0 Å². The van der Waals surface area contributed by atoms with Gasteiger partial charge in [0.2, 0.25) is 11.8 Å². The Morgan fingerprint density at radius 2 is 1.84 bits per heavy atom. The molecule has 1 fully saturated rings. The molecule has 2 aromatic carbocycles. The van der Waals surface area contributed by atoms with Gasteiger partial charge in [-0.2, -0.15) is 0 Å². The van der Waals surface area contributed by atoms with Crippen molar-refractivity contribution in [2.45, 2.75) is 45.1 Å². The Kier molecular flexibility index (Phi) is 5.36. The minimum absolute atomic E-state index is 0.0130. The van der Waals surface area contributed by atoms with Crippen LogP contribution in [0, 0.1) is 12.8 Å². The second-order valence-electron chi connectivity index (χ2n) is 8.53. The lowest BCUT2D eigenvalue weighted by atomic mass is 9.86. The first kappa shape index (κ1) is 20.0. The van der Waals surface area contributed by atoms with Crippen LogP contribution in [0.25, 0.3) is 0 Å². The fraction of sp³-hybridized carbons (Fsp3) is 0.308. The van der Waals surface area contributed by atoms with Gasteiger partial charge in [-0.15, -0.1) is 11.3 Å². The highest BCUT2D eigenvalue weighted by atomic mass is 32.1. The Bertz CT molecular complexity index is 1100. The lowest BCUT2D eigenvalue weighted by Gasteiger charge is -2.40. The van der Waals surface area contributed by atoms with Crippen LogP contribution in [0.4, 0.5) is 11.4 Å². The van der Waals surface area contributed by atoms with Crippen LogP contribution in [-0.2, 0) is 22.4 Å². The highest BCUT2D eigenvalue weighted by Gasteiger charge is 2.42. The second kappa shape index (κ2) is 8.31. The Balaban J connectivity index is 1.47. The normalized spacial score (nSPS) is 20.5. The summed E-state index contributed by atoms with van der Waals surface area (Å²) in [6.45, 7) is 2.03. The summed E-state index contributed by atoms with van der Waals surface area (Å²) in [6, 6.07) is 18.0. The highest BCUT2D eigenvalue weighted by molar-refractivity contribution is 7.10. The largest absolute Gasteiger partial charge is 0.326 e. The van der Waals surface area contributed by atoms with Gasteiger partial charge in [0, 0.05) is 22.7 Å². The molecular weight excluding hydrogens is 404 g/mol. The fourth-order valence-electron chi connectivity index (χ4n) is 4.85. The van der Waals surface area contributed by atoms with Crippen molar-refractivity contribution in [1.29, 1.82) is 0 Å². The van der Waals surface area contributed by atoms with Crippen LogP contribution < -0.4 is 10.2 Å². The molecule has 1 aromatic heterocycles. The molecule has 1 aliphatic carbocycles. The molecule has 0 bridgehead atoms. The minimum atomic E-state index is -0.300. The molecule has 5 heteroatoms. The Labute approximate surface area is 186 Å². The van der Waals surface area contributed by atoms with Crippen molar-refractivity contribution in [3.05, 3.63) is 81.5 Å². The zero-order valence-electron chi connectivity index (χ0n) is 17.6. The monoisotopic (exact) mass is 430 g/mol. The first-order chi connectivity index (χ1) is 15.1. The van der Waals surface area contributed by atoms with Gasteiger partial charge < -0.3 is 10.2 Å². The number of aryl methyl sites for hydroxylation is 3. The number of hydrogen-bond donors (Lipinski definition) is 1. The number of anilines is 2. The number of nitrogens with zero attached hydrogens (tertiary/aromatic N) is 1. The van der Waals surface area contributed by atoms with Crippen molar-refractivity contribution >= 4 is 34.5 Å². The number of amides is 2. The zero-order chi connectivity index (χ0) is 21.4. The molecule has 0 spiro atoms. The molecule has 3 aromatic rings. The second-order valence-corrected chi connectivity index (χ2v) is 9.51. The number of piperidine rings is 1. The molecule has 0 unspecified atom stereocenters. The summed E-state index contributed by atoms with van der Waals surface area (Å²) >= 11 is 1.60. The van der Waals surface area contributed by atoms with E-state index in [0.717, 1.165) is 34.7 Å². The van der Waals surface area contributed by atoms with Gasteiger partial charge in [0.25, 0.3) is 0 Å². The quantitative estimate of drug-likeness (QED) is 0.580. The highest BCUT2D eigenvalue weighted by Crippen LogP contribution is 2.42. The average Bonchev–Trinajstić information content (AvgIpc) is 3.46. The van der Waals surface area contributed by atoms with E-state index in [1.165, 1.54) is 17.5 Å². The van der Waals surface area contributed by atoms with E-state index in [9.17, 15) is 9.59 Å². The summed E-state index contributed by atoms with van der Waals surface area (Å²) < 4.78 is 0. The van der Waals surface area contributed by atoms with Crippen molar-refractivity contribution in [2.24, 2.45) is 5.92 Å². The number of benzene rings is 2. The predicted molar refractivity (Wildman–Crippen MR) is 126 cm³/mol. The summed E-state index contributed by atoms with van der Waals surface area (Å²) in [7, 11) is 0. The van der Waals surface area contributed by atoms with E-state index in [1.807, 2.05) is 59.7 Å². The van der Waals surface area contributed by atoms with Gasteiger partial charge in [-0.25, -0.2) is 0 Å². The number of fused-ring (bicyclic) bond motifs is 1. The standard InChI is InChI=1S/C26H26N2O2S/c1-17-7-11-21(12-8-17)28-24(29)14-13-22(25(28)23-6-3-15-31-23)26(30)27-20-10-9-18-4-2-5-19(18)16-20/h3,6-12,15-16,22,25H,2,4-5,13-14H2,1H3,(H,27,30)/t22-,25-/m1/s1. The number of carbonyl (C=O) groups is 2. The number of nitrogens with one attached hydrogen (secondary N) is 1. The fourth-order valence-corrected chi connectivity index (χ4v) is 5.73. The number of hydrogen-bond acceptors (Lipinski definition) is 3. The lowest BCUT2D eigenvalue weighted by molar-refractivity contribution is -0.125. The summed E-state index contributed by atoms with van der Waals surface area (Å²) in [5.41, 5.74) is 5.58. The predicted octanol–water partition coefficient (Wildman–Crippen LogP) is 5.67. The Hall–Kier alpha value is -2.92. The van der Waals surface area contributed by atoms with Gasteiger partial charge in [0.05, 0.1) is 12.0 Å². The molecule has 5 rings (SSSR count). The first-order valence-corrected chi connectivity index (χ1v) is 11.8. The summed E-state index contributed by atoms with van der Waals surface area (Å²) in [5.74, 6) is -0.240. The summed E-state index contributed by atoms with van der Waals surface area (Å²) in [5, 5.41) is 5.17. The van der Waals surface area contributed by atoms with E-state index in [-0.39, 0.29) is 23.8 Å². The van der Waals surface area contributed by atoms with Crippen LogP contribution in [0.5, 0.6) is 0 Å². The van der Waals surface area contributed by atoms with E-state index in [1.54, 1.807) is 11.3 Å². The van der Waals surface area contributed by atoms with Gasteiger partial charge in [-0.3, -0.25) is 9.59 Å². The third-order valence-corrected chi connectivity index (χ3v) is 7.39. The topological polar surface area (TPSA) is 49.4 Å². The molecule has 158 valence electrons. The smallest absolute Gasteiger partial charge is 0.229 e. The average molecular weight is 431 g/mol. The third kappa shape index (κ3) is 3.90. The number of carbonyl (C=O) groups excluding carboxylic acids is 2. The lowest BCUT2D eigenvalue weighted by Crippen LogP contribution is -2.46. The number of thiophene rings is 1. The molecular formula is C26H26N2O2S. The zero-order valence-corrected chi connectivity index (χ0v) is 18.5. The van der Waals surface area contributed by atoms with E-state index in [2.05, 4.69) is 17.4 Å². The molecule has 2 amide bonds. The van der Waals surface area contributed by atoms with Crippen molar-refractivity contribution in [3.63, 3.8) is 0 Å².